The number of benzene rings is 1. The molecule has 0 bridgehead atoms. The van der Waals surface area contributed by atoms with Gasteiger partial charge in [-0.3, -0.25) is 0 Å². The monoisotopic (exact) mass is 442 g/mol. The number of nitrogens with zero attached hydrogens (tertiary/aromatic N) is 2. The standard InChI is InChI=1S/C14H14BrF3N2O2S2/c1-2-7-20(9-14(16,17)18)24(21,22)12-8-23-13(19-12)10-3-5-11(15)6-4-10/h3-6,8H,2,7,9H2,1H3. The third-order valence-electron chi connectivity index (χ3n) is 3.01. The topological polar surface area (TPSA) is 50.3 Å². The van der Waals surface area contributed by atoms with Gasteiger partial charge in [-0.15, -0.1) is 11.3 Å². The summed E-state index contributed by atoms with van der Waals surface area (Å²) in [5.74, 6) is 0. The molecule has 132 valence electrons. The van der Waals surface area contributed by atoms with Gasteiger partial charge in [0.1, 0.15) is 11.6 Å². The smallest absolute Gasteiger partial charge is 0.223 e. The largest absolute Gasteiger partial charge is 0.402 e. The first-order valence-electron chi connectivity index (χ1n) is 6.92. The van der Waals surface area contributed by atoms with Crippen molar-refractivity contribution in [1.82, 2.24) is 9.29 Å². The molecule has 0 unspecified atom stereocenters. The third-order valence-corrected chi connectivity index (χ3v) is 6.31. The fourth-order valence-electron chi connectivity index (χ4n) is 1.97. The van der Waals surface area contributed by atoms with Crippen LogP contribution in [0.2, 0.25) is 0 Å². The Kier molecular flexibility index (Phi) is 6.05. The van der Waals surface area contributed by atoms with Gasteiger partial charge >= 0.3 is 6.18 Å². The Bertz CT molecular complexity index is 789. The van der Waals surface area contributed by atoms with E-state index in [1.165, 1.54) is 5.38 Å². The van der Waals surface area contributed by atoms with Crippen molar-refractivity contribution in [2.45, 2.75) is 24.5 Å². The number of thiazole rings is 1. The second-order valence-corrected chi connectivity index (χ2v) is 8.61. The van der Waals surface area contributed by atoms with E-state index in [-0.39, 0.29) is 18.0 Å². The van der Waals surface area contributed by atoms with Gasteiger partial charge in [0.2, 0.25) is 0 Å². The van der Waals surface area contributed by atoms with Gasteiger partial charge in [0, 0.05) is 22.0 Å². The van der Waals surface area contributed by atoms with E-state index in [0.717, 1.165) is 15.8 Å². The van der Waals surface area contributed by atoms with Crippen LogP contribution < -0.4 is 0 Å². The molecular weight excluding hydrogens is 429 g/mol. The molecule has 4 nitrogen and oxygen atoms in total. The fourth-order valence-corrected chi connectivity index (χ4v) is 4.82. The summed E-state index contributed by atoms with van der Waals surface area (Å²) < 4.78 is 64.2. The van der Waals surface area contributed by atoms with E-state index in [1.807, 2.05) is 0 Å². The lowest BCUT2D eigenvalue weighted by Gasteiger charge is -2.21. The van der Waals surface area contributed by atoms with Crippen LogP contribution in [0, 0.1) is 0 Å². The minimum absolute atomic E-state index is 0.215. The lowest BCUT2D eigenvalue weighted by Crippen LogP contribution is -2.39. The lowest BCUT2D eigenvalue weighted by atomic mass is 10.2. The van der Waals surface area contributed by atoms with E-state index >= 15 is 0 Å². The van der Waals surface area contributed by atoms with Crippen molar-refractivity contribution in [2.24, 2.45) is 0 Å². The Morgan fingerprint density at radius 3 is 2.42 bits per heavy atom. The highest BCUT2D eigenvalue weighted by Gasteiger charge is 2.37. The number of aromatic nitrogens is 1. The van der Waals surface area contributed by atoms with Crippen LogP contribution in [0.25, 0.3) is 10.6 Å². The summed E-state index contributed by atoms with van der Waals surface area (Å²) in [4.78, 5) is 4.02. The minimum Gasteiger partial charge on any atom is -0.223 e. The zero-order valence-electron chi connectivity index (χ0n) is 12.5. The number of halogens is 4. The number of hydrogen-bond acceptors (Lipinski definition) is 4. The van der Waals surface area contributed by atoms with Crippen LogP contribution in [0.5, 0.6) is 0 Å². The molecule has 0 saturated carbocycles. The van der Waals surface area contributed by atoms with Gasteiger partial charge in [0.05, 0.1) is 0 Å². The Labute approximate surface area is 150 Å². The molecule has 0 spiro atoms. The van der Waals surface area contributed by atoms with E-state index in [9.17, 15) is 21.6 Å². The molecule has 24 heavy (non-hydrogen) atoms. The van der Waals surface area contributed by atoms with Gasteiger partial charge in [0.15, 0.2) is 5.03 Å². The highest BCUT2D eigenvalue weighted by atomic mass is 79.9. The Hall–Kier alpha value is -0.970. The highest BCUT2D eigenvalue weighted by Crippen LogP contribution is 2.29. The quantitative estimate of drug-likeness (QED) is 0.659. The molecule has 0 saturated heterocycles. The summed E-state index contributed by atoms with van der Waals surface area (Å²) in [6.07, 6.45) is -4.33. The Morgan fingerprint density at radius 2 is 1.88 bits per heavy atom. The molecule has 0 amide bonds. The Morgan fingerprint density at radius 1 is 1.25 bits per heavy atom. The molecule has 2 rings (SSSR count). The molecule has 2 aromatic rings. The van der Waals surface area contributed by atoms with Crippen LogP contribution in [0.15, 0.2) is 39.1 Å². The number of alkyl halides is 3. The Balaban J connectivity index is 2.33. The van der Waals surface area contributed by atoms with Gasteiger partial charge in [-0.2, -0.15) is 17.5 Å². The van der Waals surface area contributed by atoms with Crippen LogP contribution in [0.3, 0.4) is 0 Å². The number of hydrogen-bond donors (Lipinski definition) is 0. The molecule has 0 N–H and O–H groups in total. The normalized spacial score (nSPS) is 12.8. The third kappa shape index (κ3) is 4.78. The molecule has 0 aliphatic carbocycles. The zero-order valence-corrected chi connectivity index (χ0v) is 15.8. The van der Waals surface area contributed by atoms with Gasteiger partial charge in [-0.1, -0.05) is 35.0 Å². The molecule has 1 aromatic heterocycles. The van der Waals surface area contributed by atoms with Crippen LogP contribution in [0.1, 0.15) is 13.3 Å². The first-order valence-corrected chi connectivity index (χ1v) is 10.0. The van der Waals surface area contributed by atoms with Gasteiger partial charge in [-0.25, -0.2) is 13.4 Å². The predicted molar refractivity (Wildman–Crippen MR) is 90.4 cm³/mol. The van der Waals surface area contributed by atoms with E-state index < -0.39 is 22.7 Å². The van der Waals surface area contributed by atoms with Crippen LogP contribution in [-0.2, 0) is 10.0 Å². The average Bonchev–Trinajstić information content (AvgIpc) is 2.97. The summed E-state index contributed by atoms with van der Waals surface area (Å²) in [7, 11) is -4.29. The summed E-state index contributed by atoms with van der Waals surface area (Å²) in [6, 6.07) is 7.05. The maximum Gasteiger partial charge on any atom is 0.402 e. The van der Waals surface area contributed by atoms with Crippen molar-refractivity contribution in [3.8, 4) is 10.6 Å². The number of rotatable bonds is 6. The van der Waals surface area contributed by atoms with Gasteiger partial charge < -0.3 is 0 Å². The molecular formula is C14H14BrF3N2O2S2. The molecule has 0 aliphatic heterocycles. The van der Waals surface area contributed by atoms with Crippen LogP contribution >= 0.6 is 27.3 Å². The molecule has 10 heteroatoms. The fraction of sp³-hybridized carbons (Fsp3) is 0.357. The van der Waals surface area contributed by atoms with Gasteiger partial charge in [-0.05, 0) is 18.6 Å². The maximum absolute atomic E-state index is 12.7. The van der Waals surface area contributed by atoms with Crippen molar-refractivity contribution < 1.29 is 21.6 Å². The van der Waals surface area contributed by atoms with Crippen molar-refractivity contribution in [3.63, 3.8) is 0 Å². The van der Waals surface area contributed by atoms with Crippen molar-refractivity contribution in [3.05, 3.63) is 34.1 Å². The average molecular weight is 443 g/mol. The summed E-state index contributed by atoms with van der Waals surface area (Å²) in [5.41, 5.74) is 0.697. The summed E-state index contributed by atoms with van der Waals surface area (Å²) >= 11 is 4.37. The molecule has 1 heterocycles. The maximum atomic E-state index is 12.7. The summed E-state index contributed by atoms with van der Waals surface area (Å²) in [5, 5.41) is 1.35. The molecule has 0 radical (unpaired) electrons. The second kappa shape index (κ2) is 7.51. The van der Waals surface area contributed by atoms with E-state index in [4.69, 9.17) is 0 Å². The molecule has 0 aliphatic rings. The van der Waals surface area contributed by atoms with Crippen LogP contribution in [0.4, 0.5) is 13.2 Å². The molecule has 1 aromatic carbocycles. The highest BCUT2D eigenvalue weighted by molar-refractivity contribution is 9.10. The van der Waals surface area contributed by atoms with Crippen molar-refractivity contribution in [2.75, 3.05) is 13.1 Å². The van der Waals surface area contributed by atoms with Gasteiger partial charge in [0.25, 0.3) is 10.0 Å². The van der Waals surface area contributed by atoms with E-state index in [2.05, 4.69) is 20.9 Å². The van der Waals surface area contributed by atoms with Crippen molar-refractivity contribution >= 4 is 37.3 Å². The first kappa shape index (κ1) is 19.4. The van der Waals surface area contributed by atoms with Crippen LogP contribution in [-0.4, -0.2) is 37.0 Å². The minimum atomic E-state index is -4.60. The summed E-state index contributed by atoms with van der Waals surface area (Å²) in [6.45, 7) is -0.117. The zero-order chi connectivity index (χ0) is 18.0. The molecule has 0 atom stereocenters. The SMILES string of the molecule is CCCN(CC(F)(F)F)S(=O)(=O)c1csc(-c2ccc(Br)cc2)n1. The molecule has 0 fully saturated rings. The lowest BCUT2D eigenvalue weighted by molar-refractivity contribution is -0.136. The van der Waals surface area contributed by atoms with Crippen molar-refractivity contribution in [1.29, 1.82) is 0 Å². The van der Waals surface area contributed by atoms with E-state index in [1.54, 1.807) is 31.2 Å². The number of sulfonamides is 1. The first-order chi connectivity index (χ1) is 11.1. The second-order valence-electron chi connectivity index (χ2n) is 4.95. The predicted octanol–water partition coefficient (Wildman–Crippen LogP) is 4.54. The van der Waals surface area contributed by atoms with E-state index in [0.29, 0.717) is 14.9 Å².